The van der Waals surface area contributed by atoms with Gasteiger partial charge in [0.1, 0.15) is 0 Å². The minimum Gasteiger partial charge on any atom is -0.478 e. The van der Waals surface area contributed by atoms with Gasteiger partial charge in [0.2, 0.25) is 0 Å². The average molecular weight is 315 g/mol. The Morgan fingerprint density at radius 3 is 2.43 bits per heavy atom. The first-order chi connectivity index (χ1) is 10.9. The largest absolute Gasteiger partial charge is 0.478 e. The summed E-state index contributed by atoms with van der Waals surface area (Å²) in [7, 11) is 0. The third-order valence-corrected chi connectivity index (χ3v) is 4.68. The molecule has 23 heavy (non-hydrogen) atoms. The predicted molar refractivity (Wildman–Crippen MR) is 96.6 cm³/mol. The summed E-state index contributed by atoms with van der Waals surface area (Å²) in [5.74, 6) is -0.531. The highest BCUT2D eigenvalue weighted by atomic mass is 16.4. The lowest BCUT2D eigenvalue weighted by Crippen LogP contribution is -2.05. The molecule has 3 heteroatoms. The molecule has 0 aliphatic carbocycles. The van der Waals surface area contributed by atoms with Crippen LogP contribution in [0.25, 0.3) is 10.9 Å². The van der Waals surface area contributed by atoms with Crippen LogP contribution in [0.3, 0.4) is 0 Å². The lowest BCUT2D eigenvalue weighted by molar-refractivity contribution is 0.0697. The summed E-state index contributed by atoms with van der Waals surface area (Å²) in [5.41, 5.74) is 5.44. The highest BCUT2D eigenvalue weighted by molar-refractivity contribution is 5.97. The summed E-state index contributed by atoms with van der Waals surface area (Å²) in [4.78, 5) is 11.5. The van der Waals surface area contributed by atoms with E-state index in [0.717, 1.165) is 43.2 Å². The Morgan fingerprint density at radius 2 is 1.91 bits per heavy atom. The molecule has 0 aliphatic heterocycles. The topological polar surface area (TPSA) is 42.2 Å². The fourth-order valence-corrected chi connectivity index (χ4v) is 3.44. The third kappa shape index (κ3) is 3.29. The fourth-order valence-electron chi connectivity index (χ4n) is 3.44. The normalized spacial score (nSPS) is 11.6. The fraction of sp³-hybridized carbons (Fsp3) is 0.550. The minimum absolute atomic E-state index is 0.306. The van der Waals surface area contributed by atoms with Crippen molar-refractivity contribution in [2.75, 3.05) is 0 Å². The van der Waals surface area contributed by atoms with Crippen LogP contribution in [0.4, 0.5) is 0 Å². The molecule has 1 aromatic heterocycles. The van der Waals surface area contributed by atoms with Crippen molar-refractivity contribution in [1.29, 1.82) is 0 Å². The van der Waals surface area contributed by atoms with Gasteiger partial charge >= 0.3 is 5.97 Å². The molecule has 3 nitrogen and oxygen atoms in total. The van der Waals surface area contributed by atoms with Crippen LogP contribution in [0, 0.1) is 6.92 Å². The highest BCUT2D eigenvalue weighted by Gasteiger charge is 2.20. The summed E-state index contributed by atoms with van der Waals surface area (Å²) in [6.45, 7) is 11.9. The second kappa shape index (κ2) is 7.20. The van der Waals surface area contributed by atoms with E-state index in [0.29, 0.717) is 11.5 Å². The van der Waals surface area contributed by atoms with E-state index < -0.39 is 5.97 Å². The van der Waals surface area contributed by atoms with E-state index in [4.69, 9.17) is 0 Å². The van der Waals surface area contributed by atoms with Crippen molar-refractivity contribution in [3.8, 4) is 0 Å². The lowest BCUT2D eigenvalue weighted by atomic mass is 9.95. The number of aromatic nitrogens is 1. The molecule has 0 spiro atoms. The van der Waals surface area contributed by atoms with E-state index in [-0.39, 0.29) is 0 Å². The van der Waals surface area contributed by atoms with Crippen LogP contribution in [0.2, 0.25) is 0 Å². The van der Waals surface area contributed by atoms with Gasteiger partial charge in [0.15, 0.2) is 0 Å². The highest BCUT2D eigenvalue weighted by Crippen LogP contribution is 2.34. The maximum absolute atomic E-state index is 11.5. The number of hydrogen-bond donors (Lipinski definition) is 1. The van der Waals surface area contributed by atoms with Gasteiger partial charge in [-0.25, -0.2) is 4.79 Å². The number of nitrogens with zero attached hydrogens (tertiary/aromatic N) is 1. The second-order valence-corrected chi connectivity index (χ2v) is 6.74. The number of aryl methyl sites for hydroxylation is 2. The molecule has 0 saturated carbocycles. The van der Waals surface area contributed by atoms with Crippen molar-refractivity contribution in [1.82, 2.24) is 4.57 Å². The van der Waals surface area contributed by atoms with Gasteiger partial charge in [0, 0.05) is 17.6 Å². The summed E-state index contributed by atoms with van der Waals surface area (Å²) in [5, 5.41) is 10.6. The van der Waals surface area contributed by atoms with Gasteiger partial charge in [-0.05, 0) is 48.9 Å². The lowest BCUT2D eigenvalue weighted by Gasteiger charge is -2.14. The Bertz CT molecular complexity index is 710. The summed E-state index contributed by atoms with van der Waals surface area (Å²) < 4.78 is 2.42. The van der Waals surface area contributed by atoms with Crippen LogP contribution in [-0.2, 0) is 13.0 Å². The zero-order valence-corrected chi connectivity index (χ0v) is 15.1. The molecule has 0 unspecified atom stereocenters. The van der Waals surface area contributed by atoms with E-state index >= 15 is 0 Å². The van der Waals surface area contributed by atoms with E-state index in [1.165, 1.54) is 16.8 Å². The number of aromatic carboxylic acids is 1. The average Bonchev–Trinajstić information content (AvgIpc) is 2.77. The summed E-state index contributed by atoms with van der Waals surface area (Å²) in [6.07, 6.45) is 4.38. The Kier molecular flexibility index (Phi) is 5.51. The van der Waals surface area contributed by atoms with Crippen LogP contribution in [-0.4, -0.2) is 15.6 Å². The number of hydrogen-bond acceptors (Lipinski definition) is 1. The molecule has 0 radical (unpaired) electrons. The molecule has 1 aromatic carbocycles. The van der Waals surface area contributed by atoms with E-state index in [9.17, 15) is 9.90 Å². The van der Waals surface area contributed by atoms with Gasteiger partial charge in [-0.3, -0.25) is 0 Å². The molecule has 0 saturated heterocycles. The zero-order valence-electron chi connectivity index (χ0n) is 15.1. The molecular formula is C20H29NO2. The molecule has 0 bridgehead atoms. The zero-order chi connectivity index (χ0) is 17.1. The number of rotatable bonds is 7. The molecule has 126 valence electrons. The number of fused-ring (bicyclic) bond motifs is 1. The molecule has 0 atom stereocenters. The molecule has 2 rings (SSSR count). The van der Waals surface area contributed by atoms with Crippen molar-refractivity contribution in [3.05, 3.63) is 34.5 Å². The van der Waals surface area contributed by atoms with Gasteiger partial charge in [0.05, 0.1) is 11.1 Å². The monoisotopic (exact) mass is 315 g/mol. The third-order valence-electron chi connectivity index (χ3n) is 4.68. The van der Waals surface area contributed by atoms with Crippen molar-refractivity contribution < 1.29 is 9.90 Å². The Morgan fingerprint density at radius 1 is 1.22 bits per heavy atom. The molecule has 2 aromatic rings. The van der Waals surface area contributed by atoms with Crippen molar-refractivity contribution in [3.63, 3.8) is 0 Å². The van der Waals surface area contributed by atoms with Crippen LogP contribution >= 0.6 is 0 Å². The standard InChI is InChI=1S/C20H29NO2/c1-6-8-10-21-14(5)16(9-7-2)18-12-15(20(22)23)11-17(13(3)4)19(18)21/h11-13H,6-10H2,1-5H3,(H,22,23). The van der Waals surface area contributed by atoms with E-state index in [1.54, 1.807) is 0 Å². The number of carboxylic acids is 1. The predicted octanol–water partition coefficient (Wildman–Crippen LogP) is 5.52. The molecule has 0 fully saturated rings. The first kappa shape index (κ1) is 17.6. The van der Waals surface area contributed by atoms with Gasteiger partial charge < -0.3 is 9.67 Å². The second-order valence-electron chi connectivity index (χ2n) is 6.74. The van der Waals surface area contributed by atoms with Crippen LogP contribution < -0.4 is 0 Å². The quantitative estimate of drug-likeness (QED) is 0.730. The number of carbonyl (C=O) groups is 1. The number of benzene rings is 1. The van der Waals surface area contributed by atoms with E-state index in [1.807, 2.05) is 12.1 Å². The minimum atomic E-state index is -0.838. The van der Waals surface area contributed by atoms with Gasteiger partial charge in [-0.15, -0.1) is 0 Å². The SMILES string of the molecule is CCCCn1c(C)c(CCC)c2cc(C(=O)O)cc(C(C)C)c21. The van der Waals surface area contributed by atoms with Crippen LogP contribution in [0.5, 0.6) is 0 Å². The van der Waals surface area contributed by atoms with Crippen LogP contribution in [0.15, 0.2) is 12.1 Å². The maximum Gasteiger partial charge on any atom is 0.335 e. The first-order valence-electron chi connectivity index (χ1n) is 8.81. The first-order valence-corrected chi connectivity index (χ1v) is 8.81. The van der Waals surface area contributed by atoms with Crippen molar-refractivity contribution >= 4 is 16.9 Å². The Balaban J connectivity index is 2.83. The van der Waals surface area contributed by atoms with Crippen molar-refractivity contribution in [2.24, 2.45) is 0 Å². The molecule has 1 heterocycles. The van der Waals surface area contributed by atoms with E-state index in [2.05, 4.69) is 39.2 Å². The molecule has 1 N–H and O–H groups in total. The molecular weight excluding hydrogens is 286 g/mol. The number of carboxylic acid groups (broad SMARTS) is 1. The van der Waals surface area contributed by atoms with Gasteiger partial charge in [-0.1, -0.05) is 40.5 Å². The van der Waals surface area contributed by atoms with Crippen LogP contribution in [0.1, 0.15) is 80.1 Å². The van der Waals surface area contributed by atoms with Gasteiger partial charge in [0.25, 0.3) is 0 Å². The smallest absolute Gasteiger partial charge is 0.335 e. The Labute approximate surface area is 139 Å². The summed E-state index contributed by atoms with van der Waals surface area (Å²) >= 11 is 0. The maximum atomic E-state index is 11.5. The van der Waals surface area contributed by atoms with Crippen molar-refractivity contribution in [2.45, 2.75) is 72.8 Å². The summed E-state index contributed by atoms with van der Waals surface area (Å²) in [6, 6.07) is 3.75. The number of unbranched alkanes of at least 4 members (excludes halogenated alkanes) is 1. The Hall–Kier alpha value is -1.77. The molecule has 0 amide bonds. The molecule has 0 aliphatic rings. The van der Waals surface area contributed by atoms with Gasteiger partial charge in [-0.2, -0.15) is 0 Å².